The van der Waals surface area contributed by atoms with Gasteiger partial charge in [-0.05, 0) is 48.9 Å². The van der Waals surface area contributed by atoms with Crippen LogP contribution in [0.2, 0.25) is 5.02 Å². The highest BCUT2D eigenvalue weighted by molar-refractivity contribution is 7.91. The van der Waals surface area contributed by atoms with Gasteiger partial charge in [-0.25, -0.2) is 12.8 Å². The van der Waals surface area contributed by atoms with Gasteiger partial charge >= 0.3 is 6.01 Å². The minimum Gasteiger partial charge on any atom is -0.403 e. The fraction of sp³-hybridized carbons (Fsp3) is 0.167. The number of amides is 1. The van der Waals surface area contributed by atoms with Gasteiger partial charge in [-0.2, -0.15) is 0 Å². The molecule has 1 aromatic heterocycles. The van der Waals surface area contributed by atoms with E-state index in [-0.39, 0.29) is 35.4 Å². The van der Waals surface area contributed by atoms with Crippen molar-refractivity contribution < 1.29 is 22.0 Å². The molecule has 0 saturated heterocycles. The molecular weight excluding hydrogens is 409 g/mol. The van der Waals surface area contributed by atoms with Gasteiger partial charge in [0.15, 0.2) is 9.84 Å². The van der Waals surface area contributed by atoms with Crippen molar-refractivity contribution in [3.63, 3.8) is 0 Å². The molecule has 0 aliphatic carbocycles. The van der Waals surface area contributed by atoms with Crippen molar-refractivity contribution in [3.05, 3.63) is 59.4 Å². The summed E-state index contributed by atoms with van der Waals surface area (Å²) in [5.74, 6) is -1.07. The lowest BCUT2D eigenvalue weighted by molar-refractivity contribution is -0.116. The van der Waals surface area contributed by atoms with Crippen LogP contribution < -0.4 is 5.32 Å². The van der Waals surface area contributed by atoms with Gasteiger partial charge in [-0.15, -0.1) is 5.10 Å². The molecule has 0 aliphatic rings. The minimum atomic E-state index is -3.51. The Balaban J connectivity index is 1.53. The molecule has 0 radical (unpaired) electrons. The van der Waals surface area contributed by atoms with E-state index in [4.69, 9.17) is 16.0 Å². The van der Waals surface area contributed by atoms with Crippen LogP contribution in [0.5, 0.6) is 0 Å². The highest BCUT2D eigenvalue weighted by atomic mass is 35.5. The molecule has 3 rings (SSSR count). The zero-order chi connectivity index (χ0) is 20.1. The molecule has 0 fully saturated rings. The van der Waals surface area contributed by atoms with Crippen LogP contribution >= 0.6 is 11.6 Å². The van der Waals surface area contributed by atoms with E-state index in [2.05, 4.69) is 15.5 Å². The number of benzene rings is 2. The van der Waals surface area contributed by atoms with E-state index in [0.29, 0.717) is 10.6 Å². The summed E-state index contributed by atoms with van der Waals surface area (Å²) in [5.41, 5.74) is 0.377. The largest absolute Gasteiger partial charge is 0.403 e. The second-order valence-corrected chi connectivity index (χ2v) is 8.39. The summed E-state index contributed by atoms with van der Waals surface area (Å²) in [6.07, 6.45) is 0.0617. The maximum absolute atomic E-state index is 13.2. The van der Waals surface area contributed by atoms with Gasteiger partial charge in [-0.3, -0.25) is 10.1 Å². The number of aromatic nitrogens is 2. The first-order valence-corrected chi connectivity index (χ1v) is 10.2. The Labute approximate surface area is 165 Å². The first-order valence-electron chi connectivity index (χ1n) is 8.21. The number of nitrogens with one attached hydrogen (secondary N) is 1. The molecule has 146 valence electrons. The van der Waals surface area contributed by atoms with E-state index in [0.717, 1.165) is 0 Å². The van der Waals surface area contributed by atoms with Gasteiger partial charge in [0, 0.05) is 17.0 Å². The molecule has 1 amide bonds. The van der Waals surface area contributed by atoms with Crippen LogP contribution in [0.25, 0.3) is 11.5 Å². The van der Waals surface area contributed by atoms with Crippen molar-refractivity contribution in [2.24, 2.45) is 0 Å². The van der Waals surface area contributed by atoms with Gasteiger partial charge in [0.05, 0.1) is 10.6 Å². The maximum atomic E-state index is 13.2. The molecule has 1 N–H and O–H groups in total. The number of sulfone groups is 1. The normalized spacial score (nSPS) is 11.4. The van der Waals surface area contributed by atoms with E-state index in [1.54, 1.807) is 6.07 Å². The summed E-state index contributed by atoms with van der Waals surface area (Å²) in [6, 6.07) is 11.3. The second kappa shape index (κ2) is 8.49. The summed E-state index contributed by atoms with van der Waals surface area (Å²) in [7, 11) is -3.51. The van der Waals surface area contributed by atoms with Crippen LogP contribution in [0, 0.1) is 5.82 Å². The SMILES string of the molecule is O=C(CCCS(=O)(=O)c1ccc(Cl)cc1)Nc1nnc(-c2cccc(F)c2)o1. The van der Waals surface area contributed by atoms with E-state index in [1.165, 1.54) is 42.5 Å². The predicted molar refractivity (Wildman–Crippen MR) is 101 cm³/mol. The number of hydrogen-bond donors (Lipinski definition) is 1. The predicted octanol–water partition coefficient (Wildman–Crippen LogP) is 3.72. The minimum absolute atomic E-state index is 0.0511. The third-order valence-electron chi connectivity index (χ3n) is 3.73. The number of nitrogens with zero attached hydrogens (tertiary/aromatic N) is 2. The molecule has 10 heteroatoms. The van der Waals surface area contributed by atoms with Crippen molar-refractivity contribution in [2.45, 2.75) is 17.7 Å². The summed E-state index contributed by atoms with van der Waals surface area (Å²) < 4.78 is 43.0. The topological polar surface area (TPSA) is 102 Å². The van der Waals surface area contributed by atoms with Crippen molar-refractivity contribution in [1.29, 1.82) is 0 Å². The molecule has 28 heavy (non-hydrogen) atoms. The lowest BCUT2D eigenvalue weighted by atomic mass is 10.2. The number of anilines is 1. The Kier molecular flexibility index (Phi) is 6.05. The number of rotatable bonds is 7. The van der Waals surface area contributed by atoms with E-state index in [1.807, 2.05) is 0 Å². The molecule has 0 saturated carbocycles. The van der Waals surface area contributed by atoms with Crippen molar-refractivity contribution >= 4 is 33.4 Å². The Bertz CT molecular complexity index is 1080. The first kappa shape index (κ1) is 20.0. The molecule has 2 aromatic carbocycles. The van der Waals surface area contributed by atoms with Crippen LogP contribution in [0.3, 0.4) is 0 Å². The standard InChI is InChI=1S/C18H15ClFN3O4S/c19-13-6-8-15(9-7-13)28(25,26)10-2-5-16(24)21-18-23-22-17(27-18)12-3-1-4-14(20)11-12/h1,3-4,6-9,11H,2,5,10H2,(H,21,23,24). The number of carbonyl (C=O) groups excluding carboxylic acids is 1. The van der Waals surface area contributed by atoms with Crippen LogP contribution in [0.1, 0.15) is 12.8 Å². The number of halogens is 2. The fourth-order valence-corrected chi connectivity index (χ4v) is 3.81. The Morgan fingerprint density at radius 1 is 1.14 bits per heavy atom. The molecule has 0 bridgehead atoms. The first-order chi connectivity index (χ1) is 13.3. The van der Waals surface area contributed by atoms with E-state index >= 15 is 0 Å². The fourth-order valence-electron chi connectivity index (χ4n) is 2.38. The highest BCUT2D eigenvalue weighted by Gasteiger charge is 2.16. The zero-order valence-electron chi connectivity index (χ0n) is 14.4. The van der Waals surface area contributed by atoms with Crippen LogP contribution in [-0.2, 0) is 14.6 Å². The molecule has 0 unspecified atom stereocenters. The lowest BCUT2D eigenvalue weighted by Gasteiger charge is -2.04. The Morgan fingerprint density at radius 2 is 1.89 bits per heavy atom. The van der Waals surface area contributed by atoms with E-state index < -0.39 is 21.6 Å². The average Bonchev–Trinajstić information content (AvgIpc) is 3.10. The summed E-state index contributed by atoms with van der Waals surface area (Å²) in [4.78, 5) is 12.1. The van der Waals surface area contributed by atoms with Gasteiger partial charge in [-0.1, -0.05) is 22.8 Å². The molecule has 1 heterocycles. The molecule has 0 aliphatic heterocycles. The highest BCUT2D eigenvalue weighted by Crippen LogP contribution is 2.21. The molecular formula is C18H15ClFN3O4S. The summed E-state index contributed by atoms with van der Waals surface area (Å²) >= 11 is 5.75. The Morgan fingerprint density at radius 3 is 2.61 bits per heavy atom. The molecule has 0 atom stereocenters. The third-order valence-corrected chi connectivity index (χ3v) is 5.80. The van der Waals surface area contributed by atoms with Crippen LogP contribution in [0.4, 0.5) is 10.4 Å². The van der Waals surface area contributed by atoms with Crippen LogP contribution in [0.15, 0.2) is 57.8 Å². The zero-order valence-corrected chi connectivity index (χ0v) is 16.0. The van der Waals surface area contributed by atoms with E-state index in [9.17, 15) is 17.6 Å². The van der Waals surface area contributed by atoms with Gasteiger partial charge in [0.25, 0.3) is 0 Å². The van der Waals surface area contributed by atoms with Crippen LogP contribution in [-0.4, -0.2) is 30.3 Å². The second-order valence-electron chi connectivity index (χ2n) is 5.85. The molecule has 7 nitrogen and oxygen atoms in total. The molecule has 0 spiro atoms. The van der Waals surface area contributed by atoms with Crippen molar-refractivity contribution in [1.82, 2.24) is 10.2 Å². The monoisotopic (exact) mass is 423 g/mol. The van der Waals surface area contributed by atoms with Gasteiger partial charge in [0.2, 0.25) is 11.8 Å². The molecule has 3 aromatic rings. The summed E-state index contributed by atoms with van der Waals surface area (Å²) in [6.45, 7) is 0. The quantitative estimate of drug-likeness (QED) is 0.621. The summed E-state index contributed by atoms with van der Waals surface area (Å²) in [5, 5.41) is 10.3. The van der Waals surface area contributed by atoms with Gasteiger partial charge in [0.1, 0.15) is 5.82 Å². The third kappa shape index (κ3) is 5.14. The van der Waals surface area contributed by atoms with Crippen molar-refractivity contribution in [3.8, 4) is 11.5 Å². The number of hydrogen-bond acceptors (Lipinski definition) is 6. The van der Waals surface area contributed by atoms with Gasteiger partial charge < -0.3 is 4.42 Å². The number of carbonyl (C=O) groups is 1. The average molecular weight is 424 g/mol. The Hall–Kier alpha value is -2.78. The maximum Gasteiger partial charge on any atom is 0.322 e. The lowest BCUT2D eigenvalue weighted by Crippen LogP contribution is -2.14. The smallest absolute Gasteiger partial charge is 0.322 e. The van der Waals surface area contributed by atoms with Crippen molar-refractivity contribution in [2.75, 3.05) is 11.1 Å².